The smallest absolute Gasteiger partial charge is 0.258 e. The van der Waals surface area contributed by atoms with Crippen LogP contribution in [0.1, 0.15) is 19.0 Å². The number of benzene rings is 1. The minimum atomic E-state index is -0.216. The van der Waals surface area contributed by atoms with E-state index in [1.807, 2.05) is 28.8 Å². The third kappa shape index (κ3) is 4.89. The van der Waals surface area contributed by atoms with Gasteiger partial charge in [0, 0.05) is 12.4 Å². The van der Waals surface area contributed by atoms with Gasteiger partial charge in [0.2, 0.25) is 0 Å². The standard InChI is InChI=1S/C19H20ClN3O3/c1-2-9-25-16-4-6-17(7-5-16)26-13-19(24)21-10-15-12-23-11-14(20)3-8-18(23)22-15/h3-8,11-12H,2,9-10,13H2,1H3,(H,21,24). The van der Waals surface area contributed by atoms with Crippen LogP contribution in [0.3, 0.4) is 0 Å². The predicted molar refractivity (Wildman–Crippen MR) is 99.8 cm³/mol. The number of nitrogens with one attached hydrogen (secondary N) is 1. The molecule has 0 unspecified atom stereocenters. The summed E-state index contributed by atoms with van der Waals surface area (Å²) in [7, 11) is 0. The van der Waals surface area contributed by atoms with E-state index in [4.69, 9.17) is 21.1 Å². The average molecular weight is 374 g/mol. The van der Waals surface area contributed by atoms with Crippen LogP contribution in [0.15, 0.2) is 48.8 Å². The summed E-state index contributed by atoms with van der Waals surface area (Å²) >= 11 is 5.95. The Hall–Kier alpha value is -2.73. The van der Waals surface area contributed by atoms with Gasteiger partial charge in [-0.05, 0) is 42.8 Å². The summed E-state index contributed by atoms with van der Waals surface area (Å²) in [5.74, 6) is 1.19. The zero-order valence-corrected chi connectivity index (χ0v) is 15.2. The van der Waals surface area contributed by atoms with E-state index in [1.54, 1.807) is 24.4 Å². The normalized spacial score (nSPS) is 10.7. The molecule has 3 aromatic rings. The number of ether oxygens (including phenoxy) is 2. The highest BCUT2D eigenvalue weighted by molar-refractivity contribution is 6.30. The molecule has 3 rings (SSSR count). The van der Waals surface area contributed by atoms with Gasteiger partial charge in [-0.15, -0.1) is 0 Å². The van der Waals surface area contributed by atoms with Crippen LogP contribution >= 0.6 is 11.6 Å². The van der Waals surface area contributed by atoms with Crippen LogP contribution in [-0.2, 0) is 11.3 Å². The molecule has 0 radical (unpaired) electrons. The molecule has 1 amide bonds. The Bertz CT molecular complexity index is 877. The molecule has 6 nitrogen and oxygen atoms in total. The Kier molecular flexibility index (Phi) is 5.96. The Balaban J connectivity index is 1.46. The minimum Gasteiger partial charge on any atom is -0.494 e. The number of rotatable bonds is 8. The third-order valence-electron chi connectivity index (χ3n) is 3.60. The number of hydrogen-bond donors (Lipinski definition) is 1. The van der Waals surface area contributed by atoms with Crippen molar-refractivity contribution in [3.05, 3.63) is 59.5 Å². The summed E-state index contributed by atoms with van der Waals surface area (Å²) in [6.45, 7) is 3.00. The summed E-state index contributed by atoms with van der Waals surface area (Å²) in [4.78, 5) is 16.4. The molecule has 0 saturated heterocycles. The molecule has 1 N–H and O–H groups in total. The quantitative estimate of drug-likeness (QED) is 0.656. The van der Waals surface area contributed by atoms with Crippen molar-refractivity contribution in [2.24, 2.45) is 0 Å². The van der Waals surface area contributed by atoms with E-state index in [1.165, 1.54) is 0 Å². The second kappa shape index (κ2) is 8.58. The number of fused-ring (bicyclic) bond motifs is 1. The van der Waals surface area contributed by atoms with Crippen LogP contribution in [0.25, 0.3) is 5.65 Å². The number of aromatic nitrogens is 2. The van der Waals surface area contributed by atoms with Crippen LogP contribution < -0.4 is 14.8 Å². The molecule has 0 bridgehead atoms. The van der Waals surface area contributed by atoms with E-state index in [9.17, 15) is 4.79 Å². The fraction of sp³-hybridized carbons (Fsp3) is 0.263. The van der Waals surface area contributed by atoms with E-state index < -0.39 is 0 Å². The second-order valence-corrected chi connectivity index (χ2v) is 6.17. The van der Waals surface area contributed by atoms with E-state index in [0.29, 0.717) is 23.9 Å². The first-order valence-corrected chi connectivity index (χ1v) is 8.77. The van der Waals surface area contributed by atoms with Gasteiger partial charge in [-0.2, -0.15) is 0 Å². The largest absolute Gasteiger partial charge is 0.494 e. The van der Waals surface area contributed by atoms with Crippen molar-refractivity contribution in [3.8, 4) is 11.5 Å². The molecule has 0 saturated carbocycles. The summed E-state index contributed by atoms with van der Waals surface area (Å²) in [5, 5.41) is 3.42. The van der Waals surface area contributed by atoms with E-state index >= 15 is 0 Å². The molecule has 2 heterocycles. The zero-order valence-electron chi connectivity index (χ0n) is 14.4. The molecule has 2 aromatic heterocycles. The molecule has 0 aliphatic heterocycles. The van der Waals surface area contributed by atoms with Gasteiger partial charge in [0.05, 0.1) is 23.9 Å². The Morgan fingerprint density at radius 2 is 1.85 bits per heavy atom. The summed E-state index contributed by atoms with van der Waals surface area (Å²) < 4.78 is 12.8. The van der Waals surface area contributed by atoms with Crippen molar-refractivity contribution in [1.29, 1.82) is 0 Å². The Morgan fingerprint density at radius 1 is 1.12 bits per heavy atom. The Morgan fingerprint density at radius 3 is 2.58 bits per heavy atom. The van der Waals surface area contributed by atoms with Crippen LogP contribution in [-0.4, -0.2) is 28.5 Å². The van der Waals surface area contributed by atoms with Crippen LogP contribution in [0.4, 0.5) is 0 Å². The summed E-state index contributed by atoms with van der Waals surface area (Å²) in [5.41, 5.74) is 1.53. The first-order valence-electron chi connectivity index (χ1n) is 8.39. The molecule has 0 spiro atoms. The molecule has 26 heavy (non-hydrogen) atoms. The maximum absolute atomic E-state index is 12.0. The number of halogens is 1. The summed E-state index contributed by atoms with van der Waals surface area (Å²) in [6.07, 6.45) is 4.56. The first-order chi connectivity index (χ1) is 12.6. The van der Waals surface area contributed by atoms with Crippen molar-refractivity contribution >= 4 is 23.2 Å². The number of carbonyl (C=O) groups excluding carboxylic acids is 1. The lowest BCUT2D eigenvalue weighted by Crippen LogP contribution is -2.28. The van der Waals surface area contributed by atoms with Gasteiger partial charge in [0.1, 0.15) is 17.1 Å². The highest BCUT2D eigenvalue weighted by Crippen LogP contribution is 2.17. The van der Waals surface area contributed by atoms with E-state index in [0.717, 1.165) is 23.5 Å². The van der Waals surface area contributed by atoms with Gasteiger partial charge in [-0.1, -0.05) is 18.5 Å². The highest BCUT2D eigenvalue weighted by Gasteiger charge is 2.06. The number of amides is 1. The molecule has 136 valence electrons. The number of pyridine rings is 1. The average Bonchev–Trinajstić information content (AvgIpc) is 3.06. The second-order valence-electron chi connectivity index (χ2n) is 5.73. The number of nitrogens with zero attached hydrogens (tertiary/aromatic N) is 2. The van der Waals surface area contributed by atoms with Crippen LogP contribution in [0, 0.1) is 0 Å². The topological polar surface area (TPSA) is 64.9 Å². The van der Waals surface area contributed by atoms with Gasteiger partial charge >= 0.3 is 0 Å². The lowest BCUT2D eigenvalue weighted by molar-refractivity contribution is -0.123. The van der Waals surface area contributed by atoms with Crippen LogP contribution in [0.2, 0.25) is 5.02 Å². The van der Waals surface area contributed by atoms with E-state index in [-0.39, 0.29) is 12.5 Å². The molecule has 0 fully saturated rings. The van der Waals surface area contributed by atoms with Gasteiger partial charge in [-0.3, -0.25) is 4.79 Å². The van der Waals surface area contributed by atoms with Crippen molar-refractivity contribution in [2.75, 3.05) is 13.2 Å². The van der Waals surface area contributed by atoms with Crippen molar-refractivity contribution in [1.82, 2.24) is 14.7 Å². The van der Waals surface area contributed by atoms with Gasteiger partial charge < -0.3 is 19.2 Å². The first kappa shape index (κ1) is 18.1. The highest BCUT2D eigenvalue weighted by atomic mass is 35.5. The monoisotopic (exact) mass is 373 g/mol. The van der Waals surface area contributed by atoms with Crippen molar-refractivity contribution in [3.63, 3.8) is 0 Å². The maximum atomic E-state index is 12.0. The van der Waals surface area contributed by atoms with Gasteiger partial charge in [0.15, 0.2) is 6.61 Å². The van der Waals surface area contributed by atoms with E-state index in [2.05, 4.69) is 17.2 Å². The molecule has 0 atom stereocenters. The lowest BCUT2D eigenvalue weighted by atomic mass is 10.3. The minimum absolute atomic E-state index is 0.0611. The predicted octanol–water partition coefficient (Wildman–Crippen LogP) is 3.47. The molecule has 7 heteroatoms. The fourth-order valence-corrected chi connectivity index (χ4v) is 2.51. The number of imidazole rings is 1. The number of hydrogen-bond acceptors (Lipinski definition) is 4. The molecule has 0 aliphatic rings. The van der Waals surface area contributed by atoms with Gasteiger partial charge in [-0.25, -0.2) is 4.98 Å². The number of carbonyl (C=O) groups is 1. The zero-order chi connectivity index (χ0) is 18.4. The maximum Gasteiger partial charge on any atom is 0.258 e. The van der Waals surface area contributed by atoms with Crippen molar-refractivity contribution < 1.29 is 14.3 Å². The summed E-state index contributed by atoms with van der Waals surface area (Å²) in [6, 6.07) is 10.8. The third-order valence-corrected chi connectivity index (χ3v) is 3.82. The van der Waals surface area contributed by atoms with Crippen LogP contribution in [0.5, 0.6) is 11.5 Å². The van der Waals surface area contributed by atoms with Crippen molar-refractivity contribution in [2.45, 2.75) is 19.9 Å². The Labute approximate surface area is 156 Å². The molecular weight excluding hydrogens is 354 g/mol. The lowest BCUT2D eigenvalue weighted by Gasteiger charge is -2.08. The molecule has 0 aliphatic carbocycles. The van der Waals surface area contributed by atoms with Gasteiger partial charge in [0.25, 0.3) is 5.91 Å². The fourth-order valence-electron chi connectivity index (χ4n) is 2.34. The molecular formula is C19H20ClN3O3. The molecule has 1 aromatic carbocycles. The SMILES string of the molecule is CCCOc1ccc(OCC(=O)NCc2cn3cc(Cl)ccc3n2)cc1.